The van der Waals surface area contributed by atoms with E-state index in [1.54, 1.807) is 4.68 Å². The van der Waals surface area contributed by atoms with E-state index in [9.17, 15) is 5.11 Å². The van der Waals surface area contributed by atoms with Crippen molar-refractivity contribution in [2.24, 2.45) is 0 Å². The number of aliphatic hydroxyl groups is 1. The quantitative estimate of drug-likeness (QED) is 0.581. The number of hydrogen-bond acceptors (Lipinski definition) is 4. The SMILES string of the molecule is O[C@H](COc1ccc(-c2ccccc2)cc1)Cn1nnc2ccccc21. The second kappa shape index (κ2) is 7.37. The molecule has 0 bridgehead atoms. The molecule has 0 unspecified atom stereocenters. The van der Waals surface area contributed by atoms with Crippen molar-refractivity contribution in [2.75, 3.05) is 6.61 Å². The fraction of sp³-hybridized carbons (Fsp3) is 0.143. The molecular formula is C21H19N3O2. The van der Waals surface area contributed by atoms with Crippen molar-refractivity contribution in [3.8, 4) is 16.9 Å². The van der Waals surface area contributed by atoms with Crippen molar-refractivity contribution in [1.82, 2.24) is 15.0 Å². The number of para-hydroxylation sites is 1. The van der Waals surface area contributed by atoms with Gasteiger partial charge in [0, 0.05) is 0 Å². The molecule has 130 valence electrons. The van der Waals surface area contributed by atoms with Crippen molar-refractivity contribution in [3.05, 3.63) is 78.9 Å². The molecule has 0 aliphatic carbocycles. The summed E-state index contributed by atoms with van der Waals surface area (Å²) in [6.07, 6.45) is -0.672. The second-order valence-corrected chi connectivity index (χ2v) is 6.12. The number of aromatic nitrogens is 3. The number of hydrogen-bond donors (Lipinski definition) is 1. The van der Waals surface area contributed by atoms with E-state index in [1.807, 2.05) is 66.7 Å². The van der Waals surface area contributed by atoms with Gasteiger partial charge >= 0.3 is 0 Å². The van der Waals surface area contributed by atoms with E-state index < -0.39 is 6.10 Å². The van der Waals surface area contributed by atoms with Crippen LogP contribution in [-0.2, 0) is 6.54 Å². The minimum atomic E-state index is -0.672. The van der Waals surface area contributed by atoms with Crippen molar-refractivity contribution < 1.29 is 9.84 Å². The molecule has 0 spiro atoms. The Morgan fingerprint density at radius 2 is 1.54 bits per heavy atom. The van der Waals surface area contributed by atoms with Crippen LogP contribution in [0.15, 0.2) is 78.9 Å². The summed E-state index contributed by atoms with van der Waals surface area (Å²) in [5.41, 5.74) is 4.01. The lowest BCUT2D eigenvalue weighted by atomic mass is 10.1. The highest BCUT2D eigenvalue weighted by Gasteiger charge is 2.10. The largest absolute Gasteiger partial charge is 0.491 e. The summed E-state index contributed by atoms with van der Waals surface area (Å²) in [6.45, 7) is 0.529. The molecule has 0 fully saturated rings. The van der Waals surface area contributed by atoms with Crippen LogP contribution in [0.1, 0.15) is 0 Å². The van der Waals surface area contributed by atoms with Crippen LogP contribution >= 0.6 is 0 Å². The predicted molar refractivity (Wildman–Crippen MR) is 101 cm³/mol. The van der Waals surface area contributed by atoms with Gasteiger partial charge in [0.05, 0.1) is 12.1 Å². The molecular weight excluding hydrogens is 326 g/mol. The molecule has 1 N–H and O–H groups in total. The first-order chi connectivity index (χ1) is 12.8. The maximum atomic E-state index is 10.3. The van der Waals surface area contributed by atoms with Crippen LogP contribution in [0.5, 0.6) is 5.75 Å². The topological polar surface area (TPSA) is 60.2 Å². The highest BCUT2D eigenvalue weighted by molar-refractivity contribution is 5.73. The van der Waals surface area contributed by atoms with E-state index in [4.69, 9.17) is 4.74 Å². The molecule has 4 rings (SSSR count). The number of ether oxygens (including phenoxy) is 1. The van der Waals surface area contributed by atoms with Gasteiger partial charge in [-0.2, -0.15) is 0 Å². The first kappa shape index (κ1) is 16.3. The Morgan fingerprint density at radius 1 is 0.846 bits per heavy atom. The zero-order valence-electron chi connectivity index (χ0n) is 14.2. The van der Waals surface area contributed by atoms with Crippen LogP contribution in [0, 0.1) is 0 Å². The fourth-order valence-electron chi connectivity index (χ4n) is 2.87. The number of fused-ring (bicyclic) bond motifs is 1. The van der Waals surface area contributed by atoms with Gasteiger partial charge in [0.25, 0.3) is 0 Å². The van der Waals surface area contributed by atoms with Gasteiger partial charge in [-0.25, -0.2) is 4.68 Å². The maximum Gasteiger partial charge on any atom is 0.119 e. The van der Waals surface area contributed by atoms with Crippen LogP contribution in [0.4, 0.5) is 0 Å². The Bertz CT molecular complexity index is 981. The number of nitrogens with zero attached hydrogens (tertiary/aromatic N) is 3. The van der Waals surface area contributed by atoms with Gasteiger partial charge in [0.1, 0.15) is 24.0 Å². The van der Waals surface area contributed by atoms with Gasteiger partial charge < -0.3 is 9.84 Å². The van der Waals surface area contributed by atoms with Gasteiger partial charge in [-0.15, -0.1) is 5.10 Å². The summed E-state index contributed by atoms with van der Waals surface area (Å²) in [4.78, 5) is 0. The zero-order valence-corrected chi connectivity index (χ0v) is 14.2. The number of rotatable bonds is 6. The average Bonchev–Trinajstić information content (AvgIpc) is 3.10. The molecule has 5 nitrogen and oxygen atoms in total. The minimum Gasteiger partial charge on any atom is -0.491 e. The summed E-state index contributed by atoms with van der Waals surface area (Å²) >= 11 is 0. The standard InChI is InChI=1S/C21H19N3O2/c25-18(14-24-21-9-5-4-8-20(21)22-23-24)15-26-19-12-10-17(11-13-19)16-6-2-1-3-7-16/h1-13,18,25H,14-15H2/t18-/m0/s1. The Kier molecular flexibility index (Phi) is 4.62. The van der Waals surface area contributed by atoms with Gasteiger partial charge in [0.15, 0.2) is 0 Å². The molecule has 4 aromatic rings. The number of aliphatic hydroxyl groups excluding tert-OH is 1. The average molecular weight is 345 g/mol. The third kappa shape index (κ3) is 3.58. The van der Waals surface area contributed by atoms with Crippen LogP contribution in [0.25, 0.3) is 22.2 Å². The normalized spacial score (nSPS) is 12.2. The van der Waals surface area contributed by atoms with E-state index in [0.29, 0.717) is 6.54 Å². The third-order valence-electron chi connectivity index (χ3n) is 4.21. The highest BCUT2D eigenvalue weighted by Crippen LogP contribution is 2.22. The summed E-state index contributed by atoms with van der Waals surface area (Å²) in [6, 6.07) is 25.7. The smallest absolute Gasteiger partial charge is 0.119 e. The molecule has 0 amide bonds. The minimum absolute atomic E-state index is 0.193. The summed E-state index contributed by atoms with van der Waals surface area (Å²) in [5, 5.41) is 18.4. The molecule has 1 heterocycles. The fourth-order valence-corrected chi connectivity index (χ4v) is 2.87. The molecule has 0 aliphatic rings. The van der Waals surface area contributed by atoms with E-state index in [2.05, 4.69) is 22.4 Å². The van der Waals surface area contributed by atoms with Crippen molar-refractivity contribution in [3.63, 3.8) is 0 Å². The second-order valence-electron chi connectivity index (χ2n) is 6.12. The molecule has 3 aromatic carbocycles. The van der Waals surface area contributed by atoms with Gasteiger partial charge in [-0.3, -0.25) is 0 Å². The molecule has 5 heteroatoms. The van der Waals surface area contributed by atoms with Crippen molar-refractivity contribution in [2.45, 2.75) is 12.6 Å². The molecule has 0 saturated heterocycles. The zero-order chi connectivity index (χ0) is 17.8. The van der Waals surface area contributed by atoms with Crippen molar-refractivity contribution in [1.29, 1.82) is 0 Å². The van der Waals surface area contributed by atoms with Gasteiger partial charge in [-0.05, 0) is 35.4 Å². The first-order valence-electron chi connectivity index (χ1n) is 8.54. The van der Waals surface area contributed by atoms with E-state index >= 15 is 0 Å². The Morgan fingerprint density at radius 3 is 2.35 bits per heavy atom. The molecule has 0 radical (unpaired) electrons. The highest BCUT2D eigenvalue weighted by atomic mass is 16.5. The number of benzene rings is 3. The molecule has 0 aliphatic heterocycles. The lowest BCUT2D eigenvalue weighted by Gasteiger charge is -2.13. The van der Waals surface area contributed by atoms with Crippen LogP contribution in [0.2, 0.25) is 0 Å². The van der Waals surface area contributed by atoms with Crippen LogP contribution < -0.4 is 4.74 Å². The van der Waals surface area contributed by atoms with Gasteiger partial charge in [0.2, 0.25) is 0 Å². The monoisotopic (exact) mass is 345 g/mol. The lowest BCUT2D eigenvalue weighted by Crippen LogP contribution is -2.24. The summed E-state index contributed by atoms with van der Waals surface area (Å²) in [7, 11) is 0. The van der Waals surface area contributed by atoms with E-state index in [-0.39, 0.29) is 6.61 Å². The summed E-state index contributed by atoms with van der Waals surface area (Å²) < 4.78 is 7.40. The van der Waals surface area contributed by atoms with E-state index in [1.165, 1.54) is 0 Å². The molecule has 0 saturated carbocycles. The summed E-state index contributed by atoms with van der Waals surface area (Å²) in [5.74, 6) is 0.729. The maximum absolute atomic E-state index is 10.3. The third-order valence-corrected chi connectivity index (χ3v) is 4.21. The Balaban J connectivity index is 1.36. The van der Waals surface area contributed by atoms with E-state index in [0.717, 1.165) is 27.9 Å². The predicted octanol–water partition coefficient (Wildman–Crippen LogP) is 3.54. The lowest BCUT2D eigenvalue weighted by molar-refractivity contribution is 0.0899. The first-order valence-corrected chi connectivity index (χ1v) is 8.54. The Labute approximate surface area is 151 Å². The van der Waals surface area contributed by atoms with Crippen LogP contribution in [-0.4, -0.2) is 32.8 Å². The Hall–Kier alpha value is -3.18. The van der Waals surface area contributed by atoms with Crippen molar-refractivity contribution >= 4 is 11.0 Å². The molecule has 1 aromatic heterocycles. The van der Waals surface area contributed by atoms with Crippen LogP contribution in [0.3, 0.4) is 0 Å². The molecule has 1 atom stereocenters. The van der Waals surface area contributed by atoms with Gasteiger partial charge in [-0.1, -0.05) is 59.8 Å². The molecule has 26 heavy (non-hydrogen) atoms.